The lowest BCUT2D eigenvalue weighted by molar-refractivity contribution is -0.120. The third-order valence-corrected chi connectivity index (χ3v) is 9.44. The zero-order valence-electron chi connectivity index (χ0n) is 26.2. The Balaban J connectivity index is 1.70. The molecule has 43 heavy (non-hydrogen) atoms. The molecule has 1 aliphatic carbocycles. The second-order valence-corrected chi connectivity index (χ2v) is 15.5. The molecular formula is C32H45FN4O5S. The van der Waals surface area contributed by atoms with Gasteiger partial charge in [-0.3, -0.25) is 14.7 Å². The average Bonchev–Trinajstić information content (AvgIpc) is 3.66. The Bertz CT molecular complexity index is 1280. The van der Waals surface area contributed by atoms with Gasteiger partial charge in [0.15, 0.2) is 0 Å². The molecule has 1 aromatic heterocycles. The summed E-state index contributed by atoms with van der Waals surface area (Å²) in [7, 11) is 1.52. The molecule has 0 bridgehead atoms. The Hall–Kier alpha value is -2.73. The van der Waals surface area contributed by atoms with E-state index in [9.17, 15) is 14.1 Å². The van der Waals surface area contributed by atoms with Crippen molar-refractivity contribution in [2.24, 2.45) is 5.92 Å². The summed E-state index contributed by atoms with van der Waals surface area (Å²) in [5.74, 6) is -0.604. The lowest BCUT2D eigenvalue weighted by Crippen LogP contribution is -2.52. The highest BCUT2D eigenvalue weighted by Gasteiger charge is 2.45. The Morgan fingerprint density at radius 1 is 1.14 bits per heavy atom. The van der Waals surface area contributed by atoms with Crippen molar-refractivity contribution in [3.63, 3.8) is 0 Å². The topological polar surface area (TPSA) is 116 Å². The molecule has 9 nitrogen and oxygen atoms in total. The van der Waals surface area contributed by atoms with Gasteiger partial charge in [-0.15, -0.1) is 4.72 Å². The van der Waals surface area contributed by atoms with Crippen molar-refractivity contribution in [1.29, 1.82) is 0 Å². The summed E-state index contributed by atoms with van der Waals surface area (Å²) >= 11 is -1.49. The molecule has 0 radical (unpaired) electrons. The summed E-state index contributed by atoms with van der Waals surface area (Å²) in [5.41, 5.74) is -0.508. The lowest BCUT2D eigenvalue weighted by atomic mass is 9.82. The van der Waals surface area contributed by atoms with E-state index in [4.69, 9.17) is 9.47 Å². The van der Waals surface area contributed by atoms with Crippen molar-refractivity contribution in [3.05, 3.63) is 59.7 Å². The Morgan fingerprint density at radius 3 is 2.44 bits per heavy atom. The maximum absolute atomic E-state index is 15.4. The number of carbonyl (C=O) groups is 2. The SMILES string of the molecule is COC1CC(C(=O)Nc2cc(C(CCC3CC3)(N[S+]([O-])C(C)(C)C)c3ccccn3)ccc2F)N(C(=O)OC(C)(C)C)C1. The number of carbonyl (C=O) groups excluding carboxylic acids is 2. The summed E-state index contributed by atoms with van der Waals surface area (Å²) in [6.45, 7) is 11.1. The first-order chi connectivity index (χ1) is 20.1. The highest BCUT2D eigenvalue weighted by Crippen LogP contribution is 2.42. The Labute approximate surface area is 257 Å². The van der Waals surface area contributed by atoms with Gasteiger partial charge in [0.1, 0.15) is 27.7 Å². The van der Waals surface area contributed by atoms with E-state index in [0.29, 0.717) is 23.6 Å². The van der Waals surface area contributed by atoms with Crippen LogP contribution < -0.4 is 10.0 Å². The average molecular weight is 617 g/mol. The number of likely N-dealkylation sites (tertiary alicyclic amines) is 1. The van der Waals surface area contributed by atoms with Crippen LogP contribution in [0.2, 0.25) is 0 Å². The molecule has 1 aromatic carbocycles. The van der Waals surface area contributed by atoms with Gasteiger partial charge in [0, 0.05) is 31.1 Å². The number of methoxy groups -OCH3 is 1. The standard InChI is InChI=1S/C32H45FN4O5S/c1-30(2,3)42-29(39)37-20-23(41-7)19-26(37)28(38)35-25-18-22(13-14-24(25)33)32(16-15-21-11-12-21,27-10-8-9-17-34-27)36-43(40)31(4,5)6/h8-10,13-14,17-18,21,23,26,36H,11-12,15-16,19-20H2,1-7H3,(H,35,38). The van der Waals surface area contributed by atoms with Crippen LogP contribution >= 0.6 is 0 Å². The van der Waals surface area contributed by atoms with Gasteiger partial charge in [0.25, 0.3) is 0 Å². The minimum absolute atomic E-state index is 0.0393. The molecule has 1 aliphatic heterocycles. The van der Waals surface area contributed by atoms with Crippen LogP contribution in [0, 0.1) is 11.7 Å². The quantitative estimate of drug-likeness (QED) is 0.331. The number of nitrogens with zero attached hydrogens (tertiary/aromatic N) is 2. The molecule has 2 heterocycles. The smallest absolute Gasteiger partial charge is 0.411 e. The van der Waals surface area contributed by atoms with E-state index in [1.165, 1.54) is 18.1 Å². The maximum Gasteiger partial charge on any atom is 0.411 e. The predicted molar refractivity (Wildman–Crippen MR) is 165 cm³/mol. The first kappa shape index (κ1) is 33.2. The molecule has 1 saturated heterocycles. The van der Waals surface area contributed by atoms with Crippen molar-refractivity contribution >= 4 is 29.0 Å². The molecule has 4 rings (SSSR count). The van der Waals surface area contributed by atoms with Gasteiger partial charge in [0.05, 0.1) is 24.0 Å². The molecule has 0 spiro atoms. The molecule has 2 N–H and O–H groups in total. The van der Waals surface area contributed by atoms with Gasteiger partial charge in [-0.25, -0.2) is 9.18 Å². The van der Waals surface area contributed by atoms with E-state index in [-0.39, 0.29) is 24.8 Å². The first-order valence-corrected chi connectivity index (χ1v) is 16.0. The van der Waals surface area contributed by atoms with Crippen molar-refractivity contribution in [2.45, 2.75) is 102 Å². The number of hydrogen-bond donors (Lipinski definition) is 2. The van der Waals surface area contributed by atoms with Crippen molar-refractivity contribution < 1.29 is 28.0 Å². The minimum atomic E-state index is -1.49. The molecule has 2 aliphatic rings. The molecule has 236 valence electrons. The van der Waals surface area contributed by atoms with Crippen LogP contribution in [0.1, 0.15) is 84.9 Å². The van der Waals surface area contributed by atoms with Crippen LogP contribution in [0.25, 0.3) is 0 Å². The third kappa shape index (κ3) is 8.26. The van der Waals surface area contributed by atoms with E-state index in [1.807, 2.05) is 39.0 Å². The maximum atomic E-state index is 15.4. The molecule has 11 heteroatoms. The van der Waals surface area contributed by atoms with Crippen LogP contribution in [-0.4, -0.2) is 62.6 Å². The molecule has 2 amide bonds. The number of nitrogens with one attached hydrogen (secondary N) is 2. The summed E-state index contributed by atoms with van der Waals surface area (Å²) in [6, 6.07) is 9.20. The number of hydrogen-bond acceptors (Lipinski definition) is 7. The minimum Gasteiger partial charge on any atom is -0.598 e. The normalized spacial score (nSPS) is 21.3. The number of anilines is 1. The van der Waals surface area contributed by atoms with Gasteiger partial charge < -0.3 is 19.3 Å². The number of ether oxygens (including phenoxy) is 2. The van der Waals surface area contributed by atoms with E-state index < -0.39 is 51.1 Å². The highest BCUT2D eigenvalue weighted by atomic mass is 32.2. The van der Waals surface area contributed by atoms with Gasteiger partial charge in [-0.2, -0.15) is 0 Å². The van der Waals surface area contributed by atoms with Crippen molar-refractivity contribution in [1.82, 2.24) is 14.6 Å². The molecule has 1 saturated carbocycles. The zero-order chi connectivity index (χ0) is 31.6. The molecule has 2 aromatic rings. The van der Waals surface area contributed by atoms with Crippen LogP contribution in [0.4, 0.5) is 14.9 Å². The first-order valence-electron chi connectivity index (χ1n) is 14.9. The number of aromatic nitrogens is 1. The zero-order valence-corrected chi connectivity index (χ0v) is 27.1. The van der Waals surface area contributed by atoms with E-state index in [0.717, 1.165) is 19.3 Å². The predicted octanol–water partition coefficient (Wildman–Crippen LogP) is 5.67. The largest absolute Gasteiger partial charge is 0.598 e. The summed E-state index contributed by atoms with van der Waals surface area (Å²) in [4.78, 5) is 32.6. The monoisotopic (exact) mass is 616 g/mol. The third-order valence-electron chi connectivity index (χ3n) is 7.79. The number of benzene rings is 1. The lowest BCUT2D eigenvalue weighted by Gasteiger charge is -2.38. The fourth-order valence-electron chi connectivity index (χ4n) is 5.18. The summed E-state index contributed by atoms with van der Waals surface area (Å²) in [5, 5.41) is 2.73. The molecule has 2 fully saturated rings. The van der Waals surface area contributed by atoms with Crippen molar-refractivity contribution in [2.75, 3.05) is 19.0 Å². The van der Waals surface area contributed by atoms with Gasteiger partial charge in [-0.1, -0.05) is 25.0 Å². The Morgan fingerprint density at radius 2 is 1.86 bits per heavy atom. The van der Waals surface area contributed by atoms with Gasteiger partial charge in [-0.05, 0) is 90.1 Å². The fraction of sp³-hybridized carbons (Fsp3) is 0.594. The molecule has 4 atom stereocenters. The van der Waals surface area contributed by atoms with E-state index >= 15 is 4.39 Å². The van der Waals surface area contributed by atoms with Gasteiger partial charge >= 0.3 is 6.09 Å². The summed E-state index contributed by atoms with van der Waals surface area (Å²) < 4.78 is 42.8. The van der Waals surface area contributed by atoms with Crippen LogP contribution in [0.3, 0.4) is 0 Å². The van der Waals surface area contributed by atoms with Crippen LogP contribution in [0.15, 0.2) is 42.6 Å². The Kier molecular flexibility index (Phi) is 10.1. The van der Waals surface area contributed by atoms with E-state index in [2.05, 4.69) is 15.0 Å². The second kappa shape index (κ2) is 13.1. The number of amides is 2. The van der Waals surface area contributed by atoms with Crippen molar-refractivity contribution in [3.8, 4) is 0 Å². The number of rotatable bonds is 10. The fourth-order valence-corrected chi connectivity index (χ4v) is 6.13. The highest BCUT2D eigenvalue weighted by molar-refractivity contribution is 7.90. The van der Waals surface area contributed by atoms with E-state index in [1.54, 1.807) is 39.1 Å². The van der Waals surface area contributed by atoms with Crippen LogP contribution in [0.5, 0.6) is 0 Å². The number of pyridine rings is 1. The summed E-state index contributed by atoms with van der Waals surface area (Å²) in [6.07, 6.45) is 4.67. The van der Waals surface area contributed by atoms with Crippen LogP contribution in [-0.2, 0) is 31.2 Å². The second-order valence-electron chi connectivity index (χ2n) is 13.5. The van der Waals surface area contributed by atoms with Gasteiger partial charge in [0.2, 0.25) is 5.91 Å². The molecule has 4 unspecified atom stereocenters. The molecular weight excluding hydrogens is 571 g/mol. The number of halogens is 1.